The molecule has 0 unspecified atom stereocenters. The van der Waals surface area contributed by atoms with E-state index in [1.165, 1.54) is 0 Å². The first kappa shape index (κ1) is 20.6. The zero-order chi connectivity index (χ0) is 22.1. The molecule has 1 fully saturated rings. The van der Waals surface area contributed by atoms with E-state index in [-0.39, 0.29) is 30.3 Å². The summed E-state index contributed by atoms with van der Waals surface area (Å²) in [7, 11) is 0. The van der Waals surface area contributed by atoms with Gasteiger partial charge in [0.15, 0.2) is 5.49 Å². The van der Waals surface area contributed by atoms with Crippen LogP contribution in [0.5, 0.6) is 6.01 Å². The molecule has 5 rings (SSSR count). The van der Waals surface area contributed by atoms with Gasteiger partial charge in [0.05, 0.1) is 5.56 Å². The van der Waals surface area contributed by atoms with E-state index in [4.69, 9.17) is 14.2 Å². The van der Waals surface area contributed by atoms with Crippen LogP contribution >= 0.6 is 15.9 Å². The van der Waals surface area contributed by atoms with Crippen LogP contribution in [0.4, 0.5) is 0 Å². The van der Waals surface area contributed by atoms with Crippen LogP contribution in [0.1, 0.15) is 33.4 Å². The van der Waals surface area contributed by atoms with Crippen LogP contribution in [0.15, 0.2) is 76.3 Å². The van der Waals surface area contributed by atoms with E-state index < -0.39 is 12.1 Å². The molecular formula is C23H18BrN3O5. The van der Waals surface area contributed by atoms with E-state index in [1.54, 1.807) is 65.4 Å². The van der Waals surface area contributed by atoms with Crippen molar-refractivity contribution in [1.29, 1.82) is 0 Å². The van der Waals surface area contributed by atoms with Gasteiger partial charge in [-0.05, 0) is 42.5 Å². The summed E-state index contributed by atoms with van der Waals surface area (Å²) in [6, 6.07) is 17.7. The third-order valence-electron chi connectivity index (χ3n) is 5.26. The van der Waals surface area contributed by atoms with Gasteiger partial charge in [-0.1, -0.05) is 34.1 Å². The highest BCUT2D eigenvalue weighted by Crippen LogP contribution is 2.37. The minimum atomic E-state index is -0.425. The molecule has 0 aliphatic carbocycles. The van der Waals surface area contributed by atoms with Gasteiger partial charge in [-0.2, -0.15) is 9.98 Å². The fraction of sp³-hybridized carbons (Fsp3) is 0.217. The Labute approximate surface area is 191 Å². The Morgan fingerprint density at radius 1 is 1.09 bits per heavy atom. The van der Waals surface area contributed by atoms with E-state index in [0.717, 1.165) is 4.47 Å². The van der Waals surface area contributed by atoms with Crippen molar-refractivity contribution in [1.82, 2.24) is 9.55 Å². The van der Waals surface area contributed by atoms with Crippen LogP contribution in [-0.2, 0) is 9.47 Å². The molecule has 2 aliphatic rings. The molecule has 0 spiro atoms. The average Bonchev–Trinajstić information content (AvgIpc) is 3.14. The molecule has 162 valence electrons. The Kier molecular flexibility index (Phi) is 5.59. The molecule has 1 aromatic heterocycles. The lowest BCUT2D eigenvalue weighted by atomic mass is 10.1. The molecule has 32 heavy (non-hydrogen) atoms. The first-order chi connectivity index (χ1) is 15.6. The van der Waals surface area contributed by atoms with Crippen molar-refractivity contribution in [2.45, 2.75) is 24.9 Å². The molecule has 8 nitrogen and oxygen atoms in total. The van der Waals surface area contributed by atoms with Crippen LogP contribution < -0.4 is 10.2 Å². The zero-order valence-electron chi connectivity index (χ0n) is 16.8. The molecule has 0 N–H and O–H groups in total. The first-order valence-corrected chi connectivity index (χ1v) is 10.8. The molecule has 1 saturated heterocycles. The van der Waals surface area contributed by atoms with Crippen LogP contribution in [0, 0.1) is 0 Å². The van der Waals surface area contributed by atoms with E-state index in [1.807, 2.05) is 6.07 Å². The minimum Gasteiger partial charge on any atom is -0.459 e. The maximum Gasteiger partial charge on any atom is 0.338 e. The first-order valence-electron chi connectivity index (χ1n) is 10.0. The number of aromatic nitrogens is 2. The molecule has 3 atom stereocenters. The molecule has 1 amide bonds. The highest BCUT2D eigenvalue weighted by atomic mass is 79.9. The number of amides is 1. The van der Waals surface area contributed by atoms with Crippen LogP contribution in [0.2, 0.25) is 0 Å². The summed E-state index contributed by atoms with van der Waals surface area (Å²) in [5, 5.41) is 0. The number of esters is 1. The average molecular weight is 496 g/mol. The van der Waals surface area contributed by atoms with E-state index >= 15 is 0 Å². The maximum atomic E-state index is 12.3. The molecule has 0 saturated carbocycles. The van der Waals surface area contributed by atoms with Crippen molar-refractivity contribution < 1.29 is 23.8 Å². The number of benzene rings is 2. The Bertz CT molecular complexity index is 1230. The second-order valence-corrected chi connectivity index (χ2v) is 8.30. The predicted octanol–water partition coefficient (Wildman–Crippen LogP) is 3.29. The molecule has 0 radical (unpaired) electrons. The second kappa shape index (κ2) is 8.68. The maximum absolute atomic E-state index is 12.3. The summed E-state index contributed by atoms with van der Waals surface area (Å²) in [4.78, 5) is 33.1. The number of halogens is 1. The number of hydrogen-bond donors (Lipinski definition) is 0. The topological polar surface area (TPSA) is 92.0 Å². The van der Waals surface area contributed by atoms with Crippen molar-refractivity contribution in [2.75, 3.05) is 6.61 Å². The van der Waals surface area contributed by atoms with Gasteiger partial charge in [0.25, 0.3) is 5.91 Å². The van der Waals surface area contributed by atoms with E-state index in [0.29, 0.717) is 23.6 Å². The summed E-state index contributed by atoms with van der Waals surface area (Å²) in [5.74, 6) is -0.804. The monoisotopic (exact) mass is 495 g/mol. The van der Waals surface area contributed by atoms with Crippen molar-refractivity contribution in [3.05, 3.63) is 87.9 Å². The van der Waals surface area contributed by atoms with Crippen LogP contribution in [-0.4, -0.2) is 40.2 Å². The van der Waals surface area contributed by atoms with Crippen molar-refractivity contribution >= 4 is 27.8 Å². The van der Waals surface area contributed by atoms with Gasteiger partial charge in [0, 0.05) is 22.7 Å². The van der Waals surface area contributed by atoms with Gasteiger partial charge in [0.1, 0.15) is 25.0 Å². The van der Waals surface area contributed by atoms with Crippen molar-refractivity contribution in [2.24, 2.45) is 4.99 Å². The number of carbonyl (C=O) groups is 2. The number of rotatable bonds is 4. The lowest BCUT2D eigenvalue weighted by Gasteiger charge is -2.23. The van der Waals surface area contributed by atoms with Crippen molar-refractivity contribution in [3.63, 3.8) is 0 Å². The molecule has 9 heteroatoms. The lowest BCUT2D eigenvalue weighted by Crippen LogP contribution is -2.34. The van der Waals surface area contributed by atoms with Crippen LogP contribution in [0.25, 0.3) is 0 Å². The normalized spacial score (nSPS) is 21.5. The minimum absolute atomic E-state index is 0.0638. The van der Waals surface area contributed by atoms with E-state index in [2.05, 4.69) is 25.9 Å². The lowest BCUT2D eigenvalue weighted by molar-refractivity contribution is -0.0351. The third-order valence-corrected chi connectivity index (χ3v) is 5.79. The Morgan fingerprint density at radius 2 is 1.88 bits per heavy atom. The number of fused-ring (bicyclic) bond motifs is 4. The molecule has 2 aromatic carbocycles. The Balaban J connectivity index is 1.27. The zero-order valence-corrected chi connectivity index (χ0v) is 18.3. The van der Waals surface area contributed by atoms with Gasteiger partial charge in [-0.25, -0.2) is 4.79 Å². The number of ether oxygens (including phenoxy) is 3. The number of hydrogen-bond acceptors (Lipinski definition) is 6. The molecule has 2 aliphatic heterocycles. The summed E-state index contributed by atoms with van der Waals surface area (Å²) in [5.41, 5.74) is 1.20. The highest BCUT2D eigenvalue weighted by molar-refractivity contribution is 9.10. The van der Waals surface area contributed by atoms with E-state index in [9.17, 15) is 9.59 Å². The molecular weight excluding hydrogens is 478 g/mol. The quantitative estimate of drug-likeness (QED) is 0.515. The fourth-order valence-electron chi connectivity index (χ4n) is 3.63. The Morgan fingerprint density at radius 3 is 2.66 bits per heavy atom. The highest BCUT2D eigenvalue weighted by Gasteiger charge is 2.43. The van der Waals surface area contributed by atoms with Gasteiger partial charge >= 0.3 is 12.0 Å². The summed E-state index contributed by atoms with van der Waals surface area (Å²) in [6.07, 6.45) is 1.32. The SMILES string of the molecule is O=C(N=c1ccn2c(n1)O[C@H]1C[C@H]2O[C@@H]1COC(=O)c1ccc(Br)cc1)c1ccccc1. The van der Waals surface area contributed by atoms with Gasteiger partial charge in [-0.3, -0.25) is 9.36 Å². The molecule has 2 bridgehead atoms. The summed E-state index contributed by atoms with van der Waals surface area (Å²) < 4.78 is 20.1. The second-order valence-electron chi connectivity index (χ2n) is 7.39. The molecule has 3 aromatic rings. The van der Waals surface area contributed by atoms with Crippen LogP contribution in [0.3, 0.4) is 0 Å². The van der Waals surface area contributed by atoms with Gasteiger partial charge in [0.2, 0.25) is 0 Å². The van der Waals surface area contributed by atoms with Gasteiger partial charge in [-0.15, -0.1) is 0 Å². The largest absolute Gasteiger partial charge is 0.459 e. The smallest absolute Gasteiger partial charge is 0.338 e. The Hall–Kier alpha value is -3.30. The summed E-state index contributed by atoms with van der Waals surface area (Å²) >= 11 is 3.34. The van der Waals surface area contributed by atoms with Crippen molar-refractivity contribution in [3.8, 4) is 6.01 Å². The number of nitrogens with zero attached hydrogens (tertiary/aromatic N) is 3. The standard InChI is InChI=1S/C23H18BrN3O5/c24-16-8-6-15(7-9-16)22(29)30-13-18-17-12-20(31-18)27-11-10-19(26-23(27)32-17)25-21(28)14-4-2-1-3-5-14/h1-11,17-18,20H,12-13H2/t17-,18+,20+/m0/s1. The third kappa shape index (κ3) is 4.21. The summed E-state index contributed by atoms with van der Waals surface area (Å²) in [6.45, 7) is 0.0638. The van der Waals surface area contributed by atoms with Gasteiger partial charge < -0.3 is 14.2 Å². The fourth-order valence-corrected chi connectivity index (χ4v) is 3.89. The number of carbonyl (C=O) groups excluding carboxylic acids is 2. The molecule has 3 heterocycles. The predicted molar refractivity (Wildman–Crippen MR) is 116 cm³/mol.